The third kappa shape index (κ3) is 2.39. The number of nitrogens with one attached hydrogen (secondary N) is 1. The smallest absolute Gasteiger partial charge is 0.207 e. The Kier molecular flexibility index (Phi) is 3.90. The van der Waals surface area contributed by atoms with E-state index in [0.29, 0.717) is 0 Å². The van der Waals surface area contributed by atoms with Gasteiger partial charge in [0.15, 0.2) is 11.5 Å². The average molecular weight is 280 g/mol. The molecule has 4 nitrogen and oxygen atoms in total. The molecule has 84 valence electrons. The van der Waals surface area contributed by atoms with Crippen LogP contribution in [0, 0.1) is 5.82 Å². The molecule has 0 aliphatic rings. The SMILES string of the molecule is CNCC(O)c1cc(Br)c(O)c(F)c1O. The highest BCUT2D eigenvalue weighted by molar-refractivity contribution is 9.10. The minimum absolute atomic E-state index is 0.0199. The van der Waals surface area contributed by atoms with Gasteiger partial charge in [-0.15, -0.1) is 0 Å². The van der Waals surface area contributed by atoms with Gasteiger partial charge in [0.1, 0.15) is 0 Å². The second-order valence-electron chi connectivity index (χ2n) is 3.03. The van der Waals surface area contributed by atoms with Crippen molar-refractivity contribution in [2.45, 2.75) is 6.10 Å². The quantitative estimate of drug-likeness (QED) is 0.672. The molecule has 0 saturated heterocycles. The van der Waals surface area contributed by atoms with Crippen LogP contribution in [-0.2, 0) is 0 Å². The highest BCUT2D eigenvalue weighted by Crippen LogP contribution is 2.38. The monoisotopic (exact) mass is 279 g/mol. The van der Waals surface area contributed by atoms with E-state index in [9.17, 15) is 14.6 Å². The minimum Gasteiger partial charge on any atom is -0.504 e. The molecule has 1 unspecified atom stereocenters. The summed E-state index contributed by atoms with van der Waals surface area (Å²) in [4.78, 5) is 0. The zero-order valence-corrected chi connectivity index (χ0v) is 9.55. The first-order valence-electron chi connectivity index (χ1n) is 4.21. The predicted octanol–water partition coefficient (Wildman–Crippen LogP) is 1.25. The minimum atomic E-state index is -1.14. The Morgan fingerprint density at radius 2 is 2.07 bits per heavy atom. The zero-order valence-electron chi connectivity index (χ0n) is 7.96. The molecular weight excluding hydrogens is 269 g/mol. The Labute approximate surface area is 94.5 Å². The van der Waals surface area contributed by atoms with Crippen LogP contribution in [0.5, 0.6) is 11.5 Å². The van der Waals surface area contributed by atoms with E-state index in [-0.39, 0.29) is 16.6 Å². The Morgan fingerprint density at radius 1 is 1.47 bits per heavy atom. The van der Waals surface area contributed by atoms with E-state index >= 15 is 0 Å². The number of hydrogen-bond acceptors (Lipinski definition) is 4. The number of phenols is 2. The molecule has 1 rings (SSSR count). The largest absolute Gasteiger partial charge is 0.504 e. The number of halogens is 2. The first-order chi connectivity index (χ1) is 6.99. The predicted molar refractivity (Wildman–Crippen MR) is 56.3 cm³/mol. The maximum Gasteiger partial charge on any atom is 0.207 e. The third-order valence-electron chi connectivity index (χ3n) is 1.95. The fourth-order valence-corrected chi connectivity index (χ4v) is 1.59. The number of aromatic hydroxyl groups is 2. The van der Waals surface area contributed by atoms with Crippen molar-refractivity contribution in [1.29, 1.82) is 0 Å². The fraction of sp³-hybridized carbons (Fsp3) is 0.333. The standard InChI is InChI=1S/C9H11BrFNO3/c1-12-3-6(13)4-2-5(10)9(15)7(11)8(4)14/h2,6,12-15H,3H2,1H3. The summed E-state index contributed by atoms with van der Waals surface area (Å²) in [5.74, 6) is -2.55. The van der Waals surface area contributed by atoms with Gasteiger partial charge in [0.2, 0.25) is 5.82 Å². The van der Waals surface area contributed by atoms with Gasteiger partial charge in [0, 0.05) is 12.1 Å². The van der Waals surface area contributed by atoms with Crippen LogP contribution < -0.4 is 5.32 Å². The van der Waals surface area contributed by atoms with E-state index in [4.69, 9.17) is 5.11 Å². The highest BCUT2D eigenvalue weighted by Gasteiger charge is 2.20. The molecular formula is C9H11BrFNO3. The van der Waals surface area contributed by atoms with Crippen LogP contribution in [0.15, 0.2) is 10.5 Å². The van der Waals surface area contributed by atoms with Gasteiger partial charge < -0.3 is 20.6 Å². The van der Waals surface area contributed by atoms with Crippen molar-refractivity contribution in [3.8, 4) is 11.5 Å². The summed E-state index contributed by atoms with van der Waals surface area (Å²) in [5, 5.41) is 30.7. The van der Waals surface area contributed by atoms with Gasteiger partial charge in [0.05, 0.1) is 10.6 Å². The molecule has 0 aliphatic heterocycles. The van der Waals surface area contributed by atoms with Gasteiger partial charge in [0.25, 0.3) is 0 Å². The zero-order chi connectivity index (χ0) is 11.6. The molecule has 0 heterocycles. The van der Waals surface area contributed by atoms with Crippen LogP contribution in [0.25, 0.3) is 0 Å². The number of likely N-dealkylation sites (N-methyl/N-ethyl adjacent to an activating group) is 1. The number of hydrogen-bond donors (Lipinski definition) is 4. The second kappa shape index (κ2) is 4.78. The summed E-state index contributed by atoms with van der Waals surface area (Å²) >= 11 is 2.92. The lowest BCUT2D eigenvalue weighted by Gasteiger charge is -2.14. The first-order valence-corrected chi connectivity index (χ1v) is 5.00. The lowest BCUT2D eigenvalue weighted by molar-refractivity contribution is 0.172. The lowest BCUT2D eigenvalue weighted by atomic mass is 10.1. The maximum atomic E-state index is 13.2. The van der Waals surface area contributed by atoms with E-state index in [2.05, 4.69) is 21.2 Å². The van der Waals surface area contributed by atoms with Crippen LogP contribution in [0.3, 0.4) is 0 Å². The molecule has 15 heavy (non-hydrogen) atoms. The molecule has 0 saturated carbocycles. The average Bonchev–Trinajstić information content (AvgIpc) is 2.20. The topological polar surface area (TPSA) is 72.7 Å². The maximum absolute atomic E-state index is 13.2. The summed E-state index contributed by atoms with van der Waals surface area (Å²) in [6.45, 7) is 0.171. The van der Waals surface area contributed by atoms with Crippen LogP contribution >= 0.6 is 15.9 Å². The molecule has 6 heteroatoms. The van der Waals surface area contributed by atoms with Crippen molar-refractivity contribution in [2.75, 3.05) is 13.6 Å². The van der Waals surface area contributed by atoms with Crippen molar-refractivity contribution < 1.29 is 19.7 Å². The highest BCUT2D eigenvalue weighted by atomic mass is 79.9. The Bertz CT molecular complexity index is 373. The van der Waals surface area contributed by atoms with E-state index in [1.807, 2.05) is 0 Å². The molecule has 0 amide bonds. The summed E-state index contributed by atoms with van der Waals surface area (Å²) in [7, 11) is 1.62. The number of aliphatic hydroxyl groups excluding tert-OH is 1. The first kappa shape index (κ1) is 12.2. The van der Waals surface area contributed by atoms with Crippen LogP contribution in [-0.4, -0.2) is 28.9 Å². The van der Waals surface area contributed by atoms with E-state index in [1.54, 1.807) is 7.05 Å². The van der Waals surface area contributed by atoms with Crippen molar-refractivity contribution in [1.82, 2.24) is 5.32 Å². The fourth-order valence-electron chi connectivity index (χ4n) is 1.17. The Hall–Kier alpha value is -0.850. The number of benzene rings is 1. The summed E-state index contributed by atoms with van der Waals surface area (Å²) in [6.07, 6.45) is -1.04. The van der Waals surface area contributed by atoms with Gasteiger partial charge in [-0.25, -0.2) is 0 Å². The van der Waals surface area contributed by atoms with Gasteiger partial charge in [-0.3, -0.25) is 0 Å². The third-order valence-corrected chi connectivity index (χ3v) is 2.56. The normalized spacial score (nSPS) is 12.8. The van der Waals surface area contributed by atoms with Crippen molar-refractivity contribution >= 4 is 15.9 Å². The molecule has 0 aliphatic carbocycles. The van der Waals surface area contributed by atoms with Gasteiger partial charge >= 0.3 is 0 Å². The second-order valence-corrected chi connectivity index (χ2v) is 3.89. The molecule has 0 aromatic heterocycles. The van der Waals surface area contributed by atoms with Crippen LogP contribution in [0.4, 0.5) is 4.39 Å². The van der Waals surface area contributed by atoms with Gasteiger partial charge in [-0.2, -0.15) is 4.39 Å². The molecule has 0 fully saturated rings. The number of phenolic OH excluding ortho intramolecular Hbond substituents is 2. The number of rotatable bonds is 3. The van der Waals surface area contributed by atoms with E-state index in [1.165, 1.54) is 6.07 Å². The molecule has 1 aromatic carbocycles. The van der Waals surface area contributed by atoms with Crippen LogP contribution in [0.2, 0.25) is 0 Å². The van der Waals surface area contributed by atoms with Gasteiger partial charge in [-0.1, -0.05) is 0 Å². The molecule has 1 aromatic rings. The molecule has 1 atom stereocenters. The molecule has 0 bridgehead atoms. The summed E-state index contributed by atoms with van der Waals surface area (Å²) in [5.41, 5.74) is 0.0199. The number of aliphatic hydroxyl groups is 1. The summed E-state index contributed by atoms with van der Waals surface area (Å²) < 4.78 is 13.3. The Morgan fingerprint density at radius 3 is 2.60 bits per heavy atom. The Balaban J connectivity index is 3.19. The lowest BCUT2D eigenvalue weighted by Crippen LogP contribution is -2.17. The molecule has 4 N–H and O–H groups in total. The molecule has 0 radical (unpaired) electrons. The van der Waals surface area contributed by atoms with Crippen molar-refractivity contribution in [3.05, 3.63) is 21.9 Å². The summed E-state index contributed by atoms with van der Waals surface area (Å²) in [6, 6.07) is 1.27. The van der Waals surface area contributed by atoms with E-state index in [0.717, 1.165) is 0 Å². The van der Waals surface area contributed by atoms with Crippen molar-refractivity contribution in [2.24, 2.45) is 0 Å². The van der Waals surface area contributed by atoms with Crippen molar-refractivity contribution in [3.63, 3.8) is 0 Å². The molecule has 0 spiro atoms. The van der Waals surface area contributed by atoms with Crippen LogP contribution in [0.1, 0.15) is 11.7 Å². The van der Waals surface area contributed by atoms with E-state index < -0.39 is 23.4 Å². The van der Waals surface area contributed by atoms with Gasteiger partial charge in [-0.05, 0) is 29.0 Å².